The third-order valence-corrected chi connectivity index (χ3v) is 5.39. The lowest BCUT2D eigenvalue weighted by Gasteiger charge is -2.27. The number of halogens is 4. The Balaban J connectivity index is 1.67. The number of hydrogen-bond donors (Lipinski definition) is 1. The highest BCUT2D eigenvalue weighted by molar-refractivity contribution is 5.83. The molecule has 4 rings (SSSR count). The van der Waals surface area contributed by atoms with Crippen molar-refractivity contribution in [3.63, 3.8) is 0 Å². The summed E-state index contributed by atoms with van der Waals surface area (Å²) in [5, 5.41) is 7.09. The fourth-order valence-corrected chi connectivity index (χ4v) is 3.68. The summed E-state index contributed by atoms with van der Waals surface area (Å²) in [6, 6.07) is 17.2. The summed E-state index contributed by atoms with van der Waals surface area (Å²) in [6.45, 7) is 3.26. The third kappa shape index (κ3) is 4.88. The summed E-state index contributed by atoms with van der Waals surface area (Å²) in [5.41, 5.74) is 2.76. The Bertz CT molecular complexity index is 1300. The quantitative estimate of drug-likeness (QED) is 0.369. The van der Waals surface area contributed by atoms with E-state index in [-0.39, 0.29) is 5.82 Å². The van der Waals surface area contributed by atoms with Gasteiger partial charge < -0.3 is 10.1 Å². The molecule has 0 fully saturated rings. The molecular formula is C25H21F4N3O2. The number of nitrogens with one attached hydrogen (secondary N) is 1. The van der Waals surface area contributed by atoms with Crippen LogP contribution in [-0.2, 0) is 4.79 Å². The molecule has 5 nitrogen and oxygen atoms in total. The van der Waals surface area contributed by atoms with E-state index in [2.05, 4.69) is 5.10 Å². The van der Waals surface area contributed by atoms with Crippen molar-refractivity contribution >= 4 is 16.8 Å². The number of hydrogen-bond acceptors (Lipinski definition) is 3. The Morgan fingerprint density at radius 1 is 1.06 bits per heavy atom. The molecule has 0 saturated heterocycles. The molecule has 0 spiro atoms. The van der Waals surface area contributed by atoms with Gasteiger partial charge in [-0.05, 0) is 61.4 Å². The van der Waals surface area contributed by atoms with Crippen LogP contribution in [0.2, 0.25) is 0 Å². The topological polar surface area (TPSA) is 56.1 Å². The molecule has 9 heteroatoms. The molecule has 0 radical (unpaired) electrons. The minimum atomic E-state index is -5.00. The van der Waals surface area contributed by atoms with Gasteiger partial charge in [-0.15, -0.1) is 0 Å². The lowest BCUT2D eigenvalue weighted by Crippen LogP contribution is -2.45. The van der Waals surface area contributed by atoms with Crippen molar-refractivity contribution in [2.75, 3.05) is 0 Å². The van der Waals surface area contributed by atoms with Crippen molar-refractivity contribution < 1.29 is 27.1 Å². The molecule has 2 atom stereocenters. The van der Waals surface area contributed by atoms with Crippen molar-refractivity contribution in [3.05, 3.63) is 89.9 Å². The van der Waals surface area contributed by atoms with Crippen molar-refractivity contribution in [2.45, 2.75) is 32.2 Å². The summed E-state index contributed by atoms with van der Waals surface area (Å²) in [5.74, 6) is -1.95. The van der Waals surface area contributed by atoms with Gasteiger partial charge in [-0.25, -0.2) is 9.07 Å². The van der Waals surface area contributed by atoms with Gasteiger partial charge in [-0.3, -0.25) is 4.79 Å². The van der Waals surface area contributed by atoms with Crippen molar-refractivity contribution in [3.8, 4) is 11.4 Å². The van der Waals surface area contributed by atoms with Gasteiger partial charge in [0.05, 0.1) is 23.4 Å². The van der Waals surface area contributed by atoms with Crippen LogP contribution >= 0.6 is 0 Å². The van der Waals surface area contributed by atoms with Gasteiger partial charge in [0.1, 0.15) is 17.7 Å². The second kappa shape index (κ2) is 9.17. The minimum absolute atomic E-state index is 0.356. The summed E-state index contributed by atoms with van der Waals surface area (Å²) < 4.78 is 59.6. The van der Waals surface area contributed by atoms with E-state index in [1.807, 2.05) is 11.4 Å². The summed E-state index contributed by atoms with van der Waals surface area (Å²) in [6.07, 6.45) is -4.26. The first-order valence-corrected chi connectivity index (χ1v) is 10.5. The number of aryl methyl sites for hydroxylation is 1. The van der Waals surface area contributed by atoms with Crippen LogP contribution in [0, 0.1) is 12.7 Å². The zero-order valence-electron chi connectivity index (χ0n) is 18.3. The fraction of sp³-hybridized carbons (Fsp3) is 0.200. The van der Waals surface area contributed by atoms with Gasteiger partial charge in [0.25, 0.3) is 0 Å². The maximum atomic E-state index is 13.3. The second-order valence-electron chi connectivity index (χ2n) is 7.92. The molecule has 0 saturated carbocycles. The minimum Gasteiger partial charge on any atom is -0.483 e. The highest BCUT2D eigenvalue weighted by atomic mass is 19.4. The first-order valence-electron chi connectivity index (χ1n) is 10.5. The van der Waals surface area contributed by atoms with Gasteiger partial charge in [-0.1, -0.05) is 30.3 Å². The molecule has 0 aliphatic carbocycles. The Morgan fingerprint density at radius 2 is 1.74 bits per heavy atom. The molecule has 176 valence electrons. The Kier molecular flexibility index (Phi) is 6.28. The number of benzene rings is 3. The number of ether oxygens (including phenoxy) is 1. The number of rotatable bonds is 6. The average molecular weight is 471 g/mol. The molecule has 0 unspecified atom stereocenters. The van der Waals surface area contributed by atoms with Crippen molar-refractivity contribution in [1.82, 2.24) is 15.1 Å². The summed E-state index contributed by atoms with van der Waals surface area (Å²) in [7, 11) is 0. The first-order chi connectivity index (χ1) is 16.1. The SMILES string of the molecule is Cc1cc2c(cnn2-c2ccc(F)cc2)cc1O[C@@H](c1ccccc1)[C@H](C)NC(=O)C(F)(F)F. The van der Waals surface area contributed by atoms with Crippen LogP contribution in [0.15, 0.2) is 72.9 Å². The van der Waals surface area contributed by atoms with E-state index in [1.54, 1.807) is 66.3 Å². The second-order valence-corrected chi connectivity index (χ2v) is 7.92. The average Bonchev–Trinajstić information content (AvgIpc) is 3.20. The van der Waals surface area contributed by atoms with E-state index >= 15 is 0 Å². The van der Waals surface area contributed by atoms with Crippen LogP contribution < -0.4 is 10.1 Å². The van der Waals surface area contributed by atoms with E-state index < -0.39 is 24.2 Å². The molecule has 0 aliphatic heterocycles. The number of amides is 1. The molecule has 0 aliphatic rings. The highest BCUT2D eigenvalue weighted by Crippen LogP contribution is 2.32. The number of alkyl halides is 3. The lowest BCUT2D eigenvalue weighted by atomic mass is 10.0. The molecule has 1 N–H and O–H groups in total. The number of aromatic nitrogens is 2. The zero-order valence-corrected chi connectivity index (χ0v) is 18.3. The predicted molar refractivity (Wildman–Crippen MR) is 119 cm³/mol. The molecule has 1 aromatic heterocycles. The monoisotopic (exact) mass is 471 g/mol. The van der Waals surface area contributed by atoms with E-state index in [1.165, 1.54) is 19.1 Å². The molecule has 4 aromatic rings. The highest BCUT2D eigenvalue weighted by Gasteiger charge is 2.40. The van der Waals surface area contributed by atoms with Crippen LogP contribution in [0.3, 0.4) is 0 Å². The van der Waals surface area contributed by atoms with Gasteiger partial charge in [0.15, 0.2) is 0 Å². The van der Waals surface area contributed by atoms with Gasteiger partial charge in [0.2, 0.25) is 0 Å². The van der Waals surface area contributed by atoms with Gasteiger partial charge >= 0.3 is 12.1 Å². The smallest absolute Gasteiger partial charge is 0.471 e. The predicted octanol–water partition coefficient (Wildman–Crippen LogP) is 5.66. The zero-order chi connectivity index (χ0) is 24.5. The molecule has 0 bridgehead atoms. The number of carbonyl (C=O) groups is 1. The summed E-state index contributed by atoms with van der Waals surface area (Å²) >= 11 is 0. The van der Waals surface area contributed by atoms with Crippen molar-refractivity contribution in [2.24, 2.45) is 0 Å². The van der Waals surface area contributed by atoms with Crippen LogP contribution in [0.1, 0.15) is 24.2 Å². The van der Waals surface area contributed by atoms with Crippen LogP contribution in [0.5, 0.6) is 5.75 Å². The molecule has 3 aromatic carbocycles. The first kappa shape index (κ1) is 23.3. The fourth-order valence-electron chi connectivity index (χ4n) is 3.68. The largest absolute Gasteiger partial charge is 0.483 e. The normalized spacial score (nSPS) is 13.5. The number of carbonyl (C=O) groups excluding carboxylic acids is 1. The molecule has 34 heavy (non-hydrogen) atoms. The van der Waals surface area contributed by atoms with Gasteiger partial charge in [0, 0.05) is 5.39 Å². The van der Waals surface area contributed by atoms with Crippen molar-refractivity contribution in [1.29, 1.82) is 0 Å². The Labute approximate surface area is 193 Å². The van der Waals surface area contributed by atoms with E-state index in [9.17, 15) is 22.4 Å². The van der Waals surface area contributed by atoms with Gasteiger partial charge in [-0.2, -0.15) is 18.3 Å². The number of nitrogens with zero attached hydrogens (tertiary/aromatic N) is 2. The van der Waals surface area contributed by atoms with E-state index in [0.717, 1.165) is 10.9 Å². The van der Waals surface area contributed by atoms with Crippen LogP contribution in [0.25, 0.3) is 16.6 Å². The van der Waals surface area contributed by atoms with Crippen LogP contribution in [0.4, 0.5) is 17.6 Å². The molecular weight excluding hydrogens is 450 g/mol. The Hall–Kier alpha value is -3.88. The number of fused-ring (bicyclic) bond motifs is 1. The van der Waals surface area contributed by atoms with E-state index in [0.29, 0.717) is 22.6 Å². The maximum Gasteiger partial charge on any atom is 0.471 e. The maximum absolute atomic E-state index is 13.3. The molecule has 1 amide bonds. The summed E-state index contributed by atoms with van der Waals surface area (Å²) in [4.78, 5) is 11.5. The van der Waals surface area contributed by atoms with Crippen LogP contribution in [-0.4, -0.2) is 27.9 Å². The molecule has 1 heterocycles. The van der Waals surface area contributed by atoms with E-state index in [4.69, 9.17) is 4.74 Å². The third-order valence-electron chi connectivity index (χ3n) is 5.39. The standard InChI is InChI=1S/C25H21F4N3O2/c1-15-12-21-18(14-30-32(21)20-10-8-19(26)9-11-20)13-22(15)34-23(17-6-4-3-5-7-17)16(2)31-24(33)25(27,28)29/h3-14,16,23H,1-2H3,(H,31,33)/t16-,23+/m0/s1. The Morgan fingerprint density at radius 3 is 2.38 bits per heavy atom. The lowest BCUT2D eigenvalue weighted by molar-refractivity contribution is -0.174.